The van der Waals surface area contributed by atoms with Crippen LogP contribution in [0.5, 0.6) is 5.75 Å². The highest BCUT2D eigenvalue weighted by Gasteiger charge is 2.21. The van der Waals surface area contributed by atoms with E-state index in [9.17, 15) is 5.11 Å². The van der Waals surface area contributed by atoms with Crippen molar-refractivity contribution in [3.8, 4) is 5.75 Å². The summed E-state index contributed by atoms with van der Waals surface area (Å²) < 4.78 is 5.69. The van der Waals surface area contributed by atoms with Crippen LogP contribution >= 0.6 is 0 Å². The molecule has 0 aromatic heterocycles. The number of anilines is 1. The number of rotatable bonds is 6. The number of aliphatic hydroxyl groups is 1. The van der Waals surface area contributed by atoms with E-state index < -0.39 is 0 Å². The van der Waals surface area contributed by atoms with E-state index in [2.05, 4.69) is 4.90 Å². The fourth-order valence-electron chi connectivity index (χ4n) is 2.70. The van der Waals surface area contributed by atoms with Crippen molar-refractivity contribution in [3.05, 3.63) is 24.3 Å². The molecule has 0 bridgehead atoms. The van der Waals surface area contributed by atoms with Crippen LogP contribution < -0.4 is 10.5 Å². The lowest BCUT2D eigenvalue weighted by molar-refractivity contribution is 0.0701. The molecular formula is C16H26N2O2. The lowest BCUT2D eigenvalue weighted by atomic mass is 9.92. The van der Waals surface area contributed by atoms with E-state index in [1.54, 1.807) is 0 Å². The maximum Gasteiger partial charge on any atom is 0.119 e. The lowest BCUT2D eigenvalue weighted by Gasteiger charge is -2.33. The van der Waals surface area contributed by atoms with Crippen LogP contribution in [0.25, 0.3) is 0 Å². The fraction of sp³-hybridized carbons (Fsp3) is 0.625. The standard InChI is InChI=1S/C16H26N2O2/c1-13(19)14-7-10-18(11-8-14)9-2-12-20-16-5-3-15(17)4-6-16/h3-6,13-14,19H,2,7-12,17H2,1H3. The topological polar surface area (TPSA) is 58.7 Å². The van der Waals surface area contributed by atoms with E-state index >= 15 is 0 Å². The summed E-state index contributed by atoms with van der Waals surface area (Å²) in [6, 6.07) is 7.53. The second-order valence-corrected chi connectivity index (χ2v) is 5.69. The number of nitrogens with zero attached hydrogens (tertiary/aromatic N) is 1. The van der Waals surface area contributed by atoms with E-state index in [4.69, 9.17) is 10.5 Å². The third-order valence-electron chi connectivity index (χ3n) is 4.08. The zero-order chi connectivity index (χ0) is 14.4. The molecule has 1 aromatic carbocycles. The minimum atomic E-state index is -0.161. The third-order valence-corrected chi connectivity index (χ3v) is 4.08. The number of benzene rings is 1. The van der Waals surface area contributed by atoms with Crippen LogP contribution in [0, 0.1) is 5.92 Å². The second-order valence-electron chi connectivity index (χ2n) is 5.69. The number of hydrogen-bond donors (Lipinski definition) is 2. The Hall–Kier alpha value is -1.26. The van der Waals surface area contributed by atoms with Gasteiger partial charge in [0.15, 0.2) is 0 Å². The third kappa shape index (κ3) is 4.69. The van der Waals surface area contributed by atoms with Crippen molar-refractivity contribution in [1.29, 1.82) is 0 Å². The second kappa shape index (κ2) is 7.50. The Morgan fingerprint density at radius 1 is 1.30 bits per heavy atom. The number of hydrogen-bond acceptors (Lipinski definition) is 4. The summed E-state index contributed by atoms with van der Waals surface area (Å²) in [6.45, 7) is 5.90. The number of likely N-dealkylation sites (tertiary alicyclic amines) is 1. The molecule has 0 radical (unpaired) electrons. The Bertz CT molecular complexity index is 384. The van der Waals surface area contributed by atoms with Crippen molar-refractivity contribution in [2.75, 3.05) is 32.0 Å². The molecule has 4 nitrogen and oxygen atoms in total. The van der Waals surface area contributed by atoms with Crippen LogP contribution in [0.2, 0.25) is 0 Å². The minimum absolute atomic E-state index is 0.161. The average molecular weight is 278 g/mol. The monoisotopic (exact) mass is 278 g/mol. The molecule has 3 N–H and O–H groups in total. The molecule has 1 unspecified atom stereocenters. The van der Waals surface area contributed by atoms with Crippen LogP contribution in [0.3, 0.4) is 0 Å². The van der Waals surface area contributed by atoms with E-state index in [0.29, 0.717) is 5.92 Å². The molecule has 1 aliphatic rings. The predicted octanol–water partition coefficient (Wildman–Crippen LogP) is 2.13. The number of aliphatic hydroxyl groups excluding tert-OH is 1. The molecule has 1 fully saturated rings. The summed E-state index contributed by atoms with van der Waals surface area (Å²) in [6.07, 6.45) is 3.09. The van der Waals surface area contributed by atoms with Crippen LogP contribution in [0.1, 0.15) is 26.2 Å². The molecule has 0 saturated carbocycles. The Labute approximate surface area is 121 Å². The maximum absolute atomic E-state index is 9.58. The predicted molar refractivity (Wildman–Crippen MR) is 81.8 cm³/mol. The van der Waals surface area contributed by atoms with Crippen molar-refractivity contribution in [3.63, 3.8) is 0 Å². The molecule has 4 heteroatoms. The van der Waals surface area contributed by atoms with Crippen molar-refractivity contribution in [1.82, 2.24) is 4.90 Å². The van der Waals surface area contributed by atoms with Gasteiger partial charge in [-0.2, -0.15) is 0 Å². The van der Waals surface area contributed by atoms with Crippen LogP contribution in [0.15, 0.2) is 24.3 Å². The van der Waals surface area contributed by atoms with Crippen molar-refractivity contribution in [2.45, 2.75) is 32.3 Å². The summed E-state index contributed by atoms with van der Waals surface area (Å²) in [5.74, 6) is 1.37. The van der Waals surface area contributed by atoms with Crippen LogP contribution in [0.4, 0.5) is 5.69 Å². The summed E-state index contributed by atoms with van der Waals surface area (Å²) in [7, 11) is 0. The van der Waals surface area contributed by atoms with Crippen molar-refractivity contribution < 1.29 is 9.84 Å². The Balaban J connectivity index is 1.59. The Kier molecular flexibility index (Phi) is 5.68. The van der Waals surface area contributed by atoms with Crippen molar-refractivity contribution in [2.24, 2.45) is 5.92 Å². The molecule has 1 atom stereocenters. The van der Waals surface area contributed by atoms with Gasteiger partial charge < -0.3 is 20.5 Å². The van der Waals surface area contributed by atoms with Gasteiger partial charge in [0.2, 0.25) is 0 Å². The average Bonchev–Trinajstić information content (AvgIpc) is 2.46. The normalized spacial score (nSPS) is 18.9. The molecule has 0 amide bonds. The number of ether oxygens (including phenoxy) is 1. The SMILES string of the molecule is CC(O)C1CCN(CCCOc2ccc(N)cc2)CC1. The minimum Gasteiger partial charge on any atom is -0.494 e. The van der Waals surface area contributed by atoms with Gasteiger partial charge in [-0.1, -0.05) is 0 Å². The Morgan fingerprint density at radius 3 is 2.55 bits per heavy atom. The van der Waals surface area contributed by atoms with E-state index in [1.807, 2.05) is 31.2 Å². The summed E-state index contributed by atoms with van der Waals surface area (Å²) in [5, 5.41) is 9.58. The number of nitrogen functional groups attached to an aromatic ring is 1. The van der Waals surface area contributed by atoms with Gasteiger partial charge in [0.1, 0.15) is 5.75 Å². The smallest absolute Gasteiger partial charge is 0.119 e. The fourth-order valence-corrected chi connectivity index (χ4v) is 2.70. The van der Waals surface area contributed by atoms with Gasteiger partial charge in [0.25, 0.3) is 0 Å². The molecule has 1 heterocycles. The van der Waals surface area contributed by atoms with Gasteiger partial charge in [-0.25, -0.2) is 0 Å². The first-order valence-electron chi connectivity index (χ1n) is 7.54. The maximum atomic E-state index is 9.58. The Morgan fingerprint density at radius 2 is 1.95 bits per heavy atom. The van der Waals surface area contributed by atoms with Crippen molar-refractivity contribution >= 4 is 5.69 Å². The zero-order valence-electron chi connectivity index (χ0n) is 12.3. The number of nitrogens with two attached hydrogens (primary N) is 1. The summed E-state index contributed by atoms with van der Waals surface area (Å²) in [5.41, 5.74) is 6.39. The quantitative estimate of drug-likeness (QED) is 0.618. The summed E-state index contributed by atoms with van der Waals surface area (Å²) in [4.78, 5) is 2.46. The first-order chi connectivity index (χ1) is 9.65. The molecule has 1 aromatic rings. The van der Waals surface area contributed by atoms with E-state index in [-0.39, 0.29) is 6.10 Å². The molecular weight excluding hydrogens is 252 g/mol. The van der Waals surface area contributed by atoms with Gasteiger partial charge in [0, 0.05) is 12.2 Å². The highest BCUT2D eigenvalue weighted by molar-refractivity contribution is 5.41. The lowest BCUT2D eigenvalue weighted by Crippen LogP contribution is -2.37. The van der Waals surface area contributed by atoms with Gasteiger partial charge in [-0.05, 0) is 69.5 Å². The first-order valence-corrected chi connectivity index (χ1v) is 7.54. The van der Waals surface area contributed by atoms with Gasteiger partial charge in [0.05, 0.1) is 12.7 Å². The van der Waals surface area contributed by atoms with Gasteiger partial charge in [-0.3, -0.25) is 0 Å². The molecule has 0 spiro atoms. The molecule has 2 rings (SSSR count). The van der Waals surface area contributed by atoms with Gasteiger partial charge >= 0.3 is 0 Å². The molecule has 1 aliphatic heterocycles. The van der Waals surface area contributed by atoms with Crippen LogP contribution in [-0.4, -0.2) is 42.4 Å². The van der Waals surface area contributed by atoms with E-state index in [1.165, 1.54) is 0 Å². The first kappa shape index (κ1) is 15.1. The summed E-state index contributed by atoms with van der Waals surface area (Å²) >= 11 is 0. The molecule has 20 heavy (non-hydrogen) atoms. The number of piperidine rings is 1. The molecule has 0 aliphatic carbocycles. The largest absolute Gasteiger partial charge is 0.494 e. The molecule has 1 saturated heterocycles. The highest BCUT2D eigenvalue weighted by Crippen LogP contribution is 2.20. The molecule has 112 valence electrons. The van der Waals surface area contributed by atoms with Crippen LogP contribution in [-0.2, 0) is 0 Å². The van der Waals surface area contributed by atoms with Gasteiger partial charge in [-0.15, -0.1) is 0 Å². The van der Waals surface area contributed by atoms with E-state index in [0.717, 1.165) is 56.9 Å². The highest BCUT2D eigenvalue weighted by atomic mass is 16.5. The zero-order valence-corrected chi connectivity index (χ0v) is 12.3.